The molecule has 0 atom stereocenters. The van der Waals surface area contributed by atoms with Gasteiger partial charge in [-0.2, -0.15) is 0 Å². The molecule has 21 heavy (non-hydrogen) atoms. The lowest BCUT2D eigenvalue weighted by molar-refractivity contribution is -0.130. The fourth-order valence-electron chi connectivity index (χ4n) is 1.92. The first-order chi connectivity index (χ1) is 9.82. The van der Waals surface area contributed by atoms with Gasteiger partial charge in [-0.1, -0.05) is 38.1 Å². The minimum atomic E-state index is -0.180. The lowest BCUT2D eigenvalue weighted by atomic mass is 9.95. The highest BCUT2D eigenvalue weighted by atomic mass is 16.2. The summed E-state index contributed by atoms with van der Waals surface area (Å²) < 4.78 is 0. The fourth-order valence-corrected chi connectivity index (χ4v) is 1.92. The van der Waals surface area contributed by atoms with Gasteiger partial charge in [0.2, 0.25) is 5.91 Å². The molecular weight excluding hydrogens is 266 g/mol. The van der Waals surface area contributed by atoms with Crippen molar-refractivity contribution in [2.24, 2.45) is 11.8 Å². The van der Waals surface area contributed by atoms with Gasteiger partial charge in [0.25, 0.3) is 0 Å². The van der Waals surface area contributed by atoms with Crippen LogP contribution in [0.15, 0.2) is 24.3 Å². The van der Waals surface area contributed by atoms with E-state index in [0.29, 0.717) is 18.7 Å². The normalized spacial score (nSPS) is 11.0. The number of hydrogen-bond donors (Lipinski definition) is 1. The minimum Gasteiger partial charge on any atom is -0.308 e. The second-order valence-corrected chi connectivity index (χ2v) is 5.74. The van der Waals surface area contributed by atoms with Gasteiger partial charge in [0, 0.05) is 24.6 Å². The van der Waals surface area contributed by atoms with Gasteiger partial charge in [-0.25, -0.2) is 5.84 Å². The van der Waals surface area contributed by atoms with Crippen molar-refractivity contribution in [3.8, 4) is 0 Å². The fraction of sp³-hybridized carbons (Fsp3) is 0.500. The summed E-state index contributed by atoms with van der Waals surface area (Å²) in [6.45, 7) is 4.88. The number of carbonyl (C=O) groups excluding carboxylic acids is 2. The molecule has 0 radical (unpaired) electrons. The zero-order chi connectivity index (χ0) is 16.0. The van der Waals surface area contributed by atoms with E-state index in [9.17, 15) is 9.59 Å². The maximum Gasteiger partial charge on any atom is 0.240 e. The molecule has 5 nitrogen and oxygen atoms in total. The van der Waals surface area contributed by atoms with E-state index in [0.717, 1.165) is 5.56 Å². The molecule has 0 aliphatic rings. The zero-order valence-corrected chi connectivity index (χ0v) is 13.3. The highest BCUT2D eigenvalue weighted by molar-refractivity contribution is 5.99. The molecule has 5 heteroatoms. The Kier molecular flexibility index (Phi) is 6.52. The van der Waals surface area contributed by atoms with Crippen LogP contribution in [0.2, 0.25) is 0 Å². The van der Waals surface area contributed by atoms with Crippen LogP contribution in [0.1, 0.15) is 29.8 Å². The Labute approximate surface area is 126 Å². The number of likely N-dealkylation sites (N-methyl/N-ethyl adjacent to an activating group) is 1. The van der Waals surface area contributed by atoms with E-state index in [1.54, 1.807) is 6.07 Å². The van der Waals surface area contributed by atoms with E-state index in [4.69, 9.17) is 5.84 Å². The number of nitrogens with two attached hydrogens (primary N) is 1. The number of ketones is 1. The number of benzene rings is 1. The van der Waals surface area contributed by atoms with Crippen LogP contribution in [-0.4, -0.2) is 48.8 Å². The molecule has 1 aromatic rings. The minimum absolute atomic E-state index is 0.0512. The van der Waals surface area contributed by atoms with Crippen molar-refractivity contribution in [2.45, 2.75) is 20.3 Å². The zero-order valence-electron chi connectivity index (χ0n) is 13.3. The van der Waals surface area contributed by atoms with E-state index < -0.39 is 0 Å². The Morgan fingerprint density at radius 2 is 1.76 bits per heavy atom. The molecule has 0 fully saturated rings. The summed E-state index contributed by atoms with van der Waals surface area (Å²) in [6.07, 6.45) is 0.151. The molecule has 0 aromatic heterocycles. The molecule has 0 spiro atoms. The van der Waals surface area contributed by atoms with Crippen molar-refractivity contribution >= 4 is 11.7 Å². The Hall–Kier alpha value is -1.72. The van der Waals surface area contributed by atoms with E-state index >= 15 is 0 Å². The van der Waals surface area contributed by atoms with Crippen molar-refractivity contribution < 1.29 is 9.59 Å². The van der Waals surface area contributed by atoms with Crippen LogP contribution in [0.4, 0.5) is 0 Å². The number of rotatable bonds is 7. The van der Waals surface area contributed by atoms with Gasteiger partial charge in [0.05, 0.1) is 6.42 Å². The predicted octanol–water partition coefficient (Wildman–Crippen LogP) is 1.33. The average molecular weight is 291 g/mol. The van der Waals surface area contributed by atoms with Crippen molar-refractivity contribution in [2.75, 3.05) is 27.2 Å². The lowest BCUT2D eigenvalue weighted by Gasteiger charge is -2.20. The maximum absolute atomic E-state index is 12.2. The molecule has 0 heterocycles. The van der Waals surface area contributed by atoms with Crippen LogP contribution >= 0.6 is 0 Å². The summed E-state index contributed by atoms with van der Waals surface area (Å²) in [5, 5.41) is 1.22. The van der Waals surface area contributed by atoms with Crippen molar-refractivity contribution in [3.05, 3.63) is 35.4 Å². The van der Waals surface area contributed by atoms with Gasteiger partial charge >= 0.3 is 0 Å². The largest absolute Gasteiger partial charge is 0.308 e. The van der Waals surface area contributed by atoms with Gasteiger partial charge in [0.1, 0.15) is 0 Å². The molecule has 1 amide bonds. The third-order valence-electron chi connectivity index (χ3n) is 3.26. The van der Waals surface area contributed by atoms with Crippen molar-refractivity contribution in [1.29, 1.82) is 0 Å². The Morgan fingerprint density at radius 1 is 1.14 bits per heavy atom. The molecule has 2 N–H and O–H groups in total. The van der Waals surface area contributed by atoms with Gasteiger partial charge in [-0.3, -0.25) is 14.6 Å². The summed E-state index contributed by atoms with van der Waals surface area (Å²) in [5.41, 5.74) is 1.35. The predicted molar refractivity (Wildman–Crippen MR) is 83.8 cm³/mol. The summed E-state index contributed by atoms with van der Waals surface area (Å²) in [7, 11) is 3.85. The van der Waals surface area contributed by atoms with Crippen LogP contribution in [0.3, 0.4) is 0 Å². The van der Waals surface area contributed by atoms with Gasteiger partial charge in [0.15, 0.2) is 5.78 Å². The molecule has 0 unspecified atom stereocenters. The quantitative estimate of drug-likeness (QED) is 0.356. The third-order valence-corrected chi connectivity index (χ3v) is 3.26. The van der Waals surface area contributed by atoms with Crippen LogP contribution in [-0.2, 0) is 11.2 Å². The smallest absolute Gasteiger partial charge is 0.240 e. The number of hydrogen-bond acceptors (Lipinski definition) is 4. The van der Waals surface area contributed by atoms with Crippen LogP contribution in [0.25, 0.3) is 0 Å². The summed E-state index contributed by atoms with van der Waals surface area (Å²) in [5.74, 6) is 5.55. The first-order valence-corrected chi connectivity index (χ1v) is 7.14. The molecule has 0 saturated heterocycles. The van der Waals surface area contributed by atoms with Crippen LogP contribution in [0.5, 0.6) is 0 Å². The molecule has 1 aromatic carbocycles. The number of hydrazine groups is 1. The summed E-state index contributed by atoms with van der Waals surface area (Å²) in [4.78, 5) is 26.3. The first-order valence-electron chi connectivity index (χ1n) is 7.14. The van der Waals surface area contributed by atoms with Crippen molar-refractivity contribution in [1.82, 2.24) is 9.91 Å². The molecule has 116 valence electrons. The number of Topliss-reactive ketones (excluding diaryl/α,β-unsaturated/α-hetero) is 1. The third kappa shape index (κ3) is 5.28. The molecular formula is C16H25N3O2. The highest BCUT2D eigenvalue weighted by Gasteiger charge is 2.18. The molecule has 0 aliphatic carbocycles. The van der Waals surface area contributed by atoms with Gasteiger partial charge < -0.3 is 4.90 Å². The van der Waals surface area contributed by atoms with E-state index in [1.165, 1.54) is 5.01 Å². The van der Waals surface area contributed by atoms with E-state index in [1.807, 2.05) is 51.0 Å². The van der Waals surface area contributed by atoms with E-state index in [-0.39, 0.29) is 24.0 Å². The van der Waals surface area contributed by atoms with Crippen molar-refractivity contribution in [3.63, 3.8) is 0 Å². The topological polar surface area (TPSA) is 66.6 Å². The molecule has 1 rings (SSSR count). The second-order valence-electron chi connectivity index (χ2n) is 5.74. The number of carbonyl (C=O) groups is 2. The Bertz CT molecular complexity index is 498. The standard InChI is InChI=1S/C16H25N3O2/c1-12(2)16(21)14-8-6-5-7-13(14)11-15(20)19(17)10-9-18(3)4/h5-8,12H,9-11,17H2,1-4H3. The first kappa shape index (κ1) is 17.3. The van der Waals surface area contributed by atoms with Crippen LogP contribution in [0, 0.1) is 5.92 Å². The average Bonchev–Trinajstić information content (AvgIpc) is 2.44. The van der Waals surface area contributed by atoms with E-state index in [2.05, 4.69) is 0 Å². The second kappa shape index (κ2) is 7.90. The molecule has 0 saturated carbocycles. The summed E-state index contributed by atoms with van der Waals surface area (Å²) in [6, 6.07) is 7.23. The lowest BCUT2D eigenvalue weighted by Crippen LogP contribution is -2.42. The molecule has 0 aliphatic heterocycles. The molecule has 0 bridgehead atoms. The van der Waals surface area contributed by atoms with Crippen LogP contribution < -0.4 is 5.84 Å². The monoisotopic (exact) mass is 291 g/mol. The SMILES string of the molecule is CC(C)C(=O)c1ccccc1CC(=O)N(N)CCN(C)C. The number of amides is 1. The Balaban J connectivity index is 2.79. The Morgan fingerprint density at radius 3 is 2.33 bits per heavy atom. The van der Waals surface area contributed by atoms with Gasteiger partial charge in [-0.05, 0) is 19.7 Å². The number of nitrogens with zero attached hydrogens (tertiary/aromatic N) is 2. The summed E-state index contributed by atoms with van der Waals surface area (Å²) >= 11 is 0. The van der Waals surface area contributed by atoms with Gasteiger partial charge in [-0.15, -0.1) is 0 Å². The maximum atomic E-state index is 12.2. The highest BCUT2D eigenvalue weighted by Crippen LogP contribution is 2.15.